The van der Waals surface area contributed by atoms with Crippen LogP contribution in [0.25, 0.3) is 0 Å². The van der Waals surface area contributed by atoms with Crippen molar-refractivity contribution in [1.29, 1.82) is 0 Å². The van der Waals surface area contributed by atoms with Crippen LogP contribution in [0.2, 0.25) is 0 Å². The number of nitrogens with zero attached hydrogens (tertiary/aromatic N) is 2. The van der Waals surface area contributed by atoms with E-state index >= 15 is 0 Å². The molecule has 0 aromatic heterocycles. The first kappa shape index (κ1) is 15.7. The van der Waals surface area contributed by atoms with Gasteiger partial charge in [-0.1, -0.05) is 19.4 Å². The normalized spacial score (nSPS) is 9.82. The maximum absolute atomic E-state index is 11.7. The van der Waals surface area contributed by atoms with E-state index in [0.717, 1.165) is 19.4 Å². The molecule has 0 rings (SSSR count). The summed E-state index contributed by atoms with van der Waals surface area (Å²) in [7, 11) is 1.81. The largest absolute Gasteiger partial charge is 0.346 e. The smallest absolute Gasteiger partial charge is 0.224 e. The predicted octanol–water partition coefficient (Wildman–Crippen LogP) is 1.67. The van der Waals surface area contributed by atoms with E-state index in [9.17, 15) is 9.59 Å². The standard InChI is InChI=1S/C13H24N2O2/c1-5-7-10-14(4)13(17)8-11-15(9-6-2)12(3)16/h6H,2,5,7-11H2,1,3-4H3. The molecule has 0 aliphatic rings. The van der Waals surface area contributed by atoms with Crippen LogP contribution in [0.3, 0.4) is 0 Å². The Morgan fingerprint density at radius 3 is 2.41 bits per heavy atom. The highest BCUT2D eigenvalue weighted by Gasteiger charge is 2.12. The molecule has 0 N–H and O–H groups in total. The summed E-state index contributed by atoms with van der Waals surface area (Å²) in [5.41, 5.74) is 0. The Kier molecular flexibility index (Phi) is 8.11. The van der Waals surface area contributed by atoms with Crippen molar-refractivity contribution in [3.8, 4) is 0 Å². The summed E-state index contributed by atoms with van der Waals surface area (Å²) in [5.74, 6) is 0.0719. The second kappa shape index (κ2) is 8.79. The molecule has 0 fully saturated rings. The van der Waals surface area contributed by atoms with Gasteiger partial charge in [0, 0.05) is 40.0 Å². The number of rotatable bonds is 8. The van der Waals surface area contributed by atoms with Gasteiger partial charge in [0.15, 0.2) is 0 Å². The van der Waals surface area contributed by atoms with Gasteiger partial charge >= 0.3 is 0 Å². The molecular formula is C13H24N2O2. The Hall–Kier alpha value is -1.32. The van der Waals surface area contributed by atoms with Crippen LogP contribution in [0.15, 0.2) is 12.7 Å². The Labute approximate surface area is 104 Å². The fourth-order valence-corrected chi connectivity index (χ4v) is 1.47. The van der Waals surface area contributed by atoms with Crippen molar-refractivity contribution in [2.45, 2.75) is 33.1 Å². The van der Waals surface area contributed by atoms with Crippen molar-refractivity contribution < 1.29 is 9.59 Å². The highest BCUT2D eigenvalue weighted by atomic mass is 16.2. The summed E-state index contributed by atoms with van der Waals surface area (Å²) in [4.78, 5) is 26.3. The van der Waals surface area contributed by atoms with Gasteiger partial charge < -0.3 is 9.80 Å². The summed E-state index contributed by atoms with van der Waals surface area (Å²) in [6.45, 7) is 8.96. The van der Waals surface area contributed by atoms with Gasteiger partial charge in [-0.2, -0.15) is 0 Å². The van der Waals surface area contributed by atoms with Gasteiger partial charge in [-0.3, -0.25) is 9.59 Å². The van der Waals surface area contributed by atoms with E-state index in [1.54, 1.807) is 15.9 Å². The third kappa shape index (κ3) is 6.76. The maximum atomic E-state index is 11.7. The van der Waals surface area contributed by atoms with Gasteiger partial charge in [0.25, 0.3) is 0 Å². The minimum atomic E-state index is -0.0195. The molecule has 0 aromatic rings. The first-order chi connectivity index (χ1) is 8.02. The van der Waals surface area contributed by atoms with Gasteiger partial charge in [-0.05, 0) is 6.42 Å². The molecule has 0 unspecified atom stereocenters. The molecule has 17 heavy (non-hydrogen) atoms. The van der Waals surface area contributed by atoms with Crippen molar-refractivity contribution in [3.05, 3.63) is 12.7 Å². The number of hydrogen-bond acceptors (Lipinski definition) is 2. The quantitative estimate of drug-likeness (QED) is 0.606. The van der Waals surface area contributed by atoms with E-state index < -0.39 is 0 Å². The maximum Gasteiger partial charge on any atom is 0.224 e. The Bertz CT molecular complexity index is 264. The van der Waals surface area contributed by atoms with E-state index in [1.807, 2.05) is 7.05 Å². The van der Waals surface area contributed by atoms with Gasteiger partial charge in [-0.15, -0.1) is 6.58 Å². The minimum Gasteiger partial charge on any atom is -0.346 e. The molecule has 0 heterocycles. The molecule has 0 saturated heterocycles. The topological polar surface area (TPSA) is 40.6 Å². The zero-order valence-electron chi connectivity index (χ0n) is 11.2. The molecule has 4 nitrogen and oxygen atoms in total. The third-order valence-corrected chi connectivity index (χ3v) is 2.66. The Balaban J connectivity index is 4.02. The number of unbranched alkanes of at least 4 members (excludes halogenated alkanes) is 1. The van der Waals surface area contributed by atoms with Gasteiger partial charge in [0.05, 0.1) is 0 Å². The lowest BCUT2D eigenvalue weighted by Gasteiger charge is -2.21. The molecule has 0 radical (unpaired) electrons. The average molecular weight is 240 g/mol. The van der Waals surface area contributed by atoms with Crippen molar-refractivity contribution in [1.82, 2.24) is 9.80 Å². The van der Waals surface area contributed by atoms with Crippen LogP contribution in [0, 0.1) is 0 Å². The van der Waals surface area contributed by atoms with E-state index in [0.29, 0.717) is 19.5 Å². The van der Waals surface area contributed by atoms with E-state index in [1.165, 1.54) is 6.92 Å². The number of carbonyl (C=O) groups is 2. The molecule has 0 spiro atoms. The molecule has 0 aliphatic heterocycles. The lowest BCUT2D eigenvalue weighted by Crippen LogP contribution is -2.35. The van der Waals surface area contributed by atoms with E-state index in [2.05, 4.69) is 13.5 Å². The molecule has 0 bridgehead atoms. The third-order valence-electron chi connectivity index (χ3n) is 2.66. The highest BCUT2D eigenvalue weighted by molar-refractivity contribution is 5.78. The molecule has 0 saturated carbocycles. The van der Waals surface area contributed by atoms with Gasteiger partial charge in [-0.25, -0.2) is 0 Å². The van der Waals surface area contributed by atoms with Crippen LogP contribution >= 0.6 is 0 Å². The molecule has 4 heteroatoms. The van der Waals surface area contributed by atoms with Gasteiger partial charge in [0.1, 0.15) is 0 Å². The molecule has 0 aliphatic carbocycles. The first-order valence-electron chi connectivity index (χ1n) is 6.13. The van der Waals surface area contributed by atoms with Crippen LogP contribution in [0.1, 0.15) is 33.1 Å². The van der Waals surface area contributed by atoms with Crippen LogP contribution in [0.4, 0.5) is 0 Å². The minimum absolute atomic E-state index is 0.0195. The fourth-order valence-electron chi connectivity index (χ4n) is 1.47. The van der Waals surface area contributed by atoms with Crippen LogP contribution < -0.4 is 0 Å². The number of carbonyl (C=O) groups excluding carboxylic acids is 2. The van der Waals surface area contributed by atoms with Crippen molar-refractivity contribution >= 4 is 11.8 Å². The fraction of sp³-hybridized carbons (Fsp3) is 0.692. The SMILES string of the molecule is C=CCN(CCC(=O)N(C)CCCC)C(C)=O. The molecule has 0 aromatic carbocycles. The van der Waals surface area contributed by atoms with Gasteiger partial charge in [0.2, 0.25) is 11.8 Å². The summed E-state index contributed by atoms with van der Waals surface area (Å²) >= 11 is 0. The lowest BCUT2D eigenvalue weighted by molar-refractivity contribution is -0.132. The van der Waals surface area contributed by atoms with Crippen molar-refractivity contribution in [3.63, 3.8) is 0 Å². The monoisotopic (exact) mass is 240 g/mol. The molecule has 98 valence electrons. The zero-order valence-corrected chi connectivity index (χ0v) is 11.2. The number of hydrogen-bond donors (Lipinski definition) is 0. The summed E-state index contributed by atoms with van der Waals surface area (Å²) in [5, 5.41) is 0. The van der Waals surface area contributed by atoms with E-state index in [4.69, 9.17) is 0 Å². The number of amides is 2. The Morgan fingerprint density at radius 2 is 1.94 bits per heavy atom. The zero-order chi connectivity index (χ0) is 13.3. The lowest BCUT2D eigenvalue weighted by atomic mass is 10.3. The van der Waals surface area contributed by atoms with Crippen LogP contribution in [-0.2, 0) is 9.59 Å². The van der Waals surface area contributed by atoms with Crippen molar-refractivity contribution in [2.75, 3.05) is 26.7 Å². The second-order valence-electron chi connectivity index (χ2n) is 4.17. The average Bonchev–Trinajstić information content (AvgIpc) is 2.30. The predicted molar refractivity (Wildman–Crippen MR) is 69.6 cm³/mol. The second-order valence-corrected chi connectivity index (χ2v) is 4.17. The molecule has 0 atom stereocenters. The Morgan fingerprint density at radius 1 is 1.29 bits per heavy atom. The van der Waals surface area contributed by atoms with E-state index in [-0.39, 0.29) is 11.8 Å². The molecule has 2 amide bonds. The summed E-state index contributed by atoms with van der Waals surface area (Å²) in [6, 6.07) is 0. The van der Waals surface area contributed by atoms with Crippen molar-refractivity contribution in [2.24, 2.45) is 0 Å². The van der Waals surface area contributed by atoms with Crippen LogP contribution in [0.5, 0.6) is 0 Å². The molecular weight excluding hydrogens is 216 g/mol. The summed E-state index contributed by atoms with van der Waals surface area (Å²) in [6.07, 6.45) is 4.15. The van der Waals surface area contributed by atoms with Crippen LogP contribution in [-0.4, -0.2) is 48.3 Å². The highest BCUT2D eigenvalue weighted by Crippen LogP contribution is 1.99. The first-order valence-corrected chi connectivity index (χ1v) is 6.13. The summed E-state index contributed by atoms with van der Waals surface area (Å²) < 4.78 is 0.